The molecule has 580 valence electrons. The summed E-state index contributed by atoms with van der Waals surface area (Å²) in [5.74, 6) is 0.146. The van der Waals surface area contributed by atoms with Gasteiger partial charge in [0.25, 0.3) is 0 Å². The molecule has 23 heteroatoms. The largest absolute Gasteiger partial charge is 0.493 e. The number of ketones is 2. The van der Waals surface area contributed by atoms with Crippen LogP contribution in [0.2, 0.25) is 0 Å². The van der Waals surface area contributed by atoms with Gasteiger partial charge in [-0.3, -0.25) is 19.2 Å². The molecule has 2 aliphatic rings. The Morgan fingerprint density at radius 2 is 0.897 bits per heavy atom. The van der Waals surface area contributed by atoms with Gasteiger partial charge in [0, 0.05) is 43.6 Å². The first-order chi connectivity index (χ1) is 51.8. The number of hydrogen-bond acceptors (Lipinski definition) is 21. The number of carbonyl (C=O) groups is 6. The maximum atomic E-state index is 14.7. The highest BCUT2D eigenvalue weighted by atomic mass is 16.6. The van der Waals surface area contributed by atoms with Gasteiger partial charge in [-0.1, -0.05) is 62.4 Å². The Kier molecular flexibility index (Phi) is 32.5. The molecule has 7 atom stereocenters. The molecule has 0 radical (unpaired) electrons. The van der Waals surface area contributed by atoms with Crippen LogP contribution in [0.1, 0.15) is 183 Å². The minimum atomic E-state index is -0.891. The van der Waals surface area contributed by atoms with Crippen LogP contribution >= 0.6 is 0 Å². The third-order valence-electron chi connectivity index (χ3n) is 20.3. The number of aliphatic hydroxyl groups excluding tert-OH is 4. The number of methoxy groups -OCH3 is 6. The summed E-state index contributed by atoms with van der Waals surface area (Å²) in [7, 11) is 13.0. The van der Waals surface area contributed by atoms with Crippen LogP contribution in [0.15, 0.2) is 109 Å². The van der Waals surface area contributed by atoms with E-state index in [1.54, 1.807) is 90.7 Å². The Hall–Kier alpha value is -9.26. The van der Waals surface area contributed by atoms with Crippen molar-refractivity contribution in [3.05, 3.63) is 165 Å². The van der Waals surface area contributed by atoms with Crippen LogP contribution in [0.25, 0.3) is 0 Å². The second-order valence-electron chi connectivity index (χ2n) is 27.7. The van der Waals surface area contributed by atoms with Crippen molar-refractivity contribution in [2.24, 2.45) is 5.92 Å². The fourth-order valence-corrected chi connectivity index (χ4v) is 14.6. The van der Waals surface area contributed by atoms with Gasteiger partial charge in [-0.2, -0.15) is 0 Å². The molecule has 107 heavy (non-hydrogen) atoms. The minimum Gasteiger partial charge on any atom is -0.493 e. The third kappa shape index (κ3) is 22.4. The van der Waals surface area contributed by atoms with Gasteiger partial charge in [0.2, 0.25) is 11.8 Å². The molecule has 4 N–H and O–H groups in total. The van der Waals surface area contributed by atoms with Gasteiger partial charge < -0.3 is 82.5 Å². The number of rotatable bonds is 42. The fraction of sp³-hybridized carbons (Fsp3) is 0.500. The molecule has 2 amide bonds. The lowest BCUT2D eigenvalue weighted by Crippen LogP contribution is -2.50. The van der Waals surface area contributed by atoms with E-state index in [1.165, 1.54) is 28.4 Å². The summed E-state index contributed by atoms with van der Waals surface area (Å²) < 4.78 is 58.7. The lowest BCUT2D eigenvalue weighted by molar-refractivity contribution is -0.162. The Morgan fingerprint density at radius 3 is 1.31 bits per heavy atom. The van der Waals surface area contributed by atoms with Crippen LogP contribution in [-0.2, 0) is 77.5 Å². The number of ether oxygens (including phenoxy) is 10. The number of aliphatic hydroxyl groups is 4. The topological polar surface area (TPSA) is 285 Å². The van der Waals surface area contributed by atoms with Crippen LogP contribution in [0.3, 0.4) is 0 Å². The molecule has 0 aromatic heterocycles. The number of esters is 2. The van der Waals surface area contributed by atoms with Gasteiger partial charge >= 0.3 is 11.9 Å². The zero-order valence-electron chi connectivity index (χ0n) is 63.8. The van der Waals surface area contributed by atoms with Crippen LogP contribution in [0, 0.1) is 5.92 Å². The number of likely N-dealkylation sites (tertiary alicyclic amines) is 2. The summed E-state index contributed by atoms with van der Waals surface area (Å²) in [6.07, 6.45) is 5.64. The lowest BCUT2D eigenvalue weighted by Gasteiger charge is -2.37. The second kappa shape index (κ2) is 41.7. The zero-order chi connectivity index (χ0) is 77.1. The standard InChI is InChI=1S/C84H109N3O20/c1-11-69(60-41-63(50-90)79(102-9)77(45-60)100-7)81(94)86-37-15-13-23-71(86)83(96)106-73(34-28-54-25-31-59(48-88)62(39-54)49-89)57-19-17-21-67(43-57)104-52-65(92)32-26-56(47-85(3)4)27-33-66(93)53-105-68-22-18-20-58(44-68)74(35-29-55-30-36-75(98-5)76(40-55)99-6)107-84(97)72-24-14-16-38-87(72)82(95)70(12-2)61-42-64(51-91)80(103-10)78(46-61)101-8/h17-22,25,30-31,36,39-46,56,69-74,88-91H,11-16,23-24,26-29,32-35,37-38,47-53H2,1-10H3/t56?,69-,70-,71-,72?,73?,74+/m0/s1. The molecule has 0 saturated carbocycles. The average Bonchev–Trinajstić information content (AvgIpc) is 0.795. The van der Waals surface area contributed by atoms with Gasteiger partial charge in [0.05, 0.1) is 80.9 Å². The van der Waals surface area contributed by atoms with Gasteiger partial charge in [-0.25, -0.2) is 9.59 Å². The van der Waals surface area contributed by atoms with Gasteiger partial charge in [-0.15, -0.1) is 0 Å². The summed E-state index contributed by atoms with van der Waals surface area (Å²) in [4.78, 5) is 91.5. The van der Waals surface area contributed by atoms with Gasteiger partial charge in [0.1, 0.15) is 49.0 Å². The molecule has 2 aliphatic heterocycles. The second-order valence-corrected chi connectivity index (χ2v) is 27.7. The quantitative estimate of drug-likeness (QED) is 0.0259. The van der Waals surface area contributed by atoms with Crippen molar-refractivity contribution in [1.29, 1.82) is 0 Å². The maximum Gasteiger partial charge on any atom is 0.329 e. The van der Waals surface area contributed by atoms with E-state index >= 15 is 0 Å². The molecule has 6 aromatic carbocycles. The highest BCUT2D eigenvalue weighted by Crippen LogP contribution is 2.41. The molecule has 2 heterocycles. The molecular formula is C84H109N3O20. The van der Waals surface area contributed by atoms with E-state index < -0.39 is 48.1 Å². The summed E-state index contributed by atoms with van der Waals surface area (Å²) in [5, 5.41) is 40.6. The van der Waals surface area contributed by atoms with Crippen molar-refractivity contribution in [3.8, 4) is 46.0 Å². The Bertz CT molecular complexity index is 3640. The average molecular weight is 1480 g/mol. The molecule has 2 fully saturated rings. The fourth-order valence-electron chi connectivity index (χ4n) is 14.6. The predicted molar refractivity (Wildman–Crippen MR) is 402 cm³/mol. The molecule has 2 saturated heterocycles. The minimum absolute atomic E-state index is 0.0314. The monoisotopic (exact) mass is 1480 g/mol. The van der Waals surface area contributed by atoms with Crippen LogP contribution in [0.4, 0.5) is 0 Å². The van der Waals surface area contributed by atoms with Crippen molar-refractivity contribution in [2.45, 2.75) is 179 Å². The van der Waals surface area contributed by atoms with E-state index in [0.29, 0.717) is 200 Å². The van der Waals surface area contributed by atoms with E-state index in [9.17, 15) is 49.2 Å². The Labute approximate surface area is 629 Å². The summed E-state index contributed by atoms with van der Waals surface area (Å²) >= 11 is 0. The summed E-state index contributed by atoms with van der Waals surface area (Å²) in [6.45, 7) is 3.45. The maximum absolute atomic E-state index is 14.7. The van der Waals surface area contributed by atoms with E-state index in [0.717, 1.165) is 11.1 Å². The van der Waals surface area contributed by atoms with Gasteiger partial charge in [-0.05, 0) is 215 Å². The highest BCUT2D eigenvalue weighted by molar-refractivity contribution is 5.90. The molecule has 0 spiro atoms. The van der Waals surface area contributed by atoms with E-state index in [1.807, 2.05) is 75.3 Å². The first kappa shape index (κ1) is 83.4. The Morgan fingerprint density at radius 1 is 0.458 bits per heavy atom. The first-order valence-corrected chi connectivity index (χ1v) is 37.2. The number of piperidine rings is 2. The summed E-state index contributed by atoms with van der Waals surface area (Å²) in [5.41, 5.74) is 6.35. The molecule has 23 nitrogen and oxygen atoms in total. The molecular weight excluding hydrogens is 1370 g/mol. The third-order valence-corrected chi connectivity index (χ3v) is 20.3. The molecule has 8 rings (SSSR count). The number of aryl methyl sites for hydroxylation is 2. The molecule has 0 bridgehead atoms. The zero-order valence-corrected chi connectivity index (χ0v) is 63.8. The number of nitrogens with zero attached hydrogens (tertiary/aromatic N) is 3. The molecule has 6 aromatic rings. The van der Waals surface area contributed by atoms with Crippen molar-refractivity contribution in [2.75, 3.05) is 89.6 Å². The summed E-state index contributed by atoms with van der Waals surface area (Å²) in [6, 6.07) is 30.5. The van der Waals surface area contributed by atoms with Gasteiger partial charge in [0.15, 0.2) is 46.1 Å². The van der Waals surface area contributed by atoms with E-state index in [4.69, 9.17) is 47.4 Å². The number of Topliss-reactive ketones (excluding diaryl/α,β-unsaturated/α-hetero) is 2. The van der Waals surface area contributed by atoms with Crippen LogP contribution in [0.5, 0.6) is 46.0 Å². The van der Waals surface area contributed by atoms with Crippen molar-refractivity contribution < 1.29 is 96.6 Å². The molecule has 3 unspecified atom stereocenters. The smallest absolute Gasteiger partial charge is 0.329 e. The molecule has 0 aliphatic carbocycles. The number of amides is 2. The van der Waals surface area contributed by atoms with Crippen molar-refractivity contribution >= 4 is 35.3 Å². The number of carbonyl (C=O) groups excluding carboxylic acids is 6. The van der Waals surface area contributed by atoms with Crippen molar-refractivity contribution in [3.63, 3.8) is 0 Å². The lowest BCUT2D eigenvalue weighted by atomic mass is 9.90. The van der Waals surface area contributed by atoms with Crippen LogP contribution in [-0.4, -0.2) is 172 Å². The van der Waals surface area contributed by atoms with Crippen molar-refractivity contribution in [1.82, 2.24) is 14.7 Å². The Balaban J connectivity index is 0.906. The number of hydrogen-bond donors (Lipinski definition) is 4. The highest BCUT2D eigenvalue weighted by Gasteiger charge is 2.40. The van der Waals surface area contributed by atoms with E-state index in [-0.39, 0.29) is 81.8 Å². The SMILES string of the molecule is CC[C@H](C(=O)N1CCCCC1C(=O)O[C@H](CCc1ccc(OC)c(OC)c1)c1cccc(OCC(=O)CCC(CCC(=O)COc2cccc(C(CCc3ccc(CO)c(CO)c3)OC(=O)[C@@H]3CCCCN3C(=O)[C@@H](CC)c3cc(CO)c(OC)c(OC)c3)c2)CN(C)C)c1)c1cc(CO)c(OC)c(OC)c1. The number of benzene rings is 6. The normalized spacial score (nSPS) is 15.8. The predicted octanol–water partition coefficient (Wildman–Crippen LogP) is 11.6. The first-order valence-electron chi connectivity index (χ1n) is 37.2. The van der Waals surface area contributed by atoms with Crippen LogP contribution < -0.4 is 37.9 Å². The van der Waals surface area contributed by atoms with E-state index in [2.05, 4.69) is 0 Å².